The number of hydrogen-bond acceptors (Lipinski definition) is 8. The number of hydrogen-bond donors (Lipinski definition) is 1. The van der Waals surface area contributed by atoms with Gasteiger partial charge in [0.15, 0.2) is 0 Å². The van der Waals surface area contributed by atoms with Crippen LogP contribution in [0.5, 0.6) is 0 Å². The number of nitrogens with zero attached hydrogens (tertiary/aromatic N) is 6. The molecule has 2 aromatic heterocycles. The first-order valence-corrected chi connectivity index (χ1v) is 10.4. The molecule has 2 saturated heterocycles. The van der Waals surface area contributed by atoms with Gasteiger partial charge in [-0.15, -0.1) is 0 Å². The van der Waals surface area contributed by atoms with E-state index in [1.165, 1.54) is 11.5 Å². The lowest BCUT2D eigenvalue weighted by molar-refractivity contribution is 0.00769. The molecule has 0 spiro atoms. The number of aromatic nitrogens is 3. The van der Waals surface area contributed by atoms with Crippen molar-refractivity contribution in [2.75, 3.05) is 36.4 Å². The summed E-state index contributed by atoms with van der Waals surface area (Å²) < 4.78 is 31.4. The van der Waals surface area contributed by atoms with Gasteiger partial charge in [-0.05, 0) is 31.4 Å². The van der Waals surface area contributed by atoms with Crippen LogP contribution in [-0.2, 0) is 0 Å². The fourth-order valence-electron chi connectivity index (χ4n) is 4.63. The number of fused-ring (bicyclic) bond motifs is 1. The standard InChI is InChI=1S/C19H21F2N7S/c1-11-6-23-17(24-15-5-12(2)26-29-15)25-16(11)27-9-18(10-27,3-4-22)28-7-13-14(8-28)19(13,20)21/h5-6,13-14H,3,7-10H2,1-2H3,(H,23,24,25). The van der Waals surface area contributed by atoms with E-state index < -0.39 is 17.8 Å². The molecule has 4 heterocycles. The van der Waals surface area contributed by atoms with Gasteiger partial charge in [0.25, 0.3) is 5.92 Å². The monoisotopic (exact) mass is 417 g/mol. The fourth-order valence-corrected chi connectivity index (χ4v) is 5.28. The Bertz CT molecular complexity index is 981. The Morgan fingerprint density at radius 3 is 2.66 bits per heavy atom. The summed E-state index contributed by atoms with van der Waals surface area (Å²) in [4.78, 5) is 13.2. The van der Waals surface area contributed by atoms with E-state index in [4.69, 9.17) is 0 Å². The minimum absolute atomic E-state index is 0.337. The van der Waals surface area contributed by atoms with E-state index in [0.717, 1.165) is 22.1 Å². The van der Waals surface area contributed by atoms with Gasteiger partial charge in [0.05, 0.1) is 23.7 Å². The first-order chi connectivity index (χ1) is 13.8. The van der Waals surface area contributed by atoms with Gasteiger partial charge in [-0.1, -0.05) is 0 Å². The van der Waals surface area contributed by atoms with Gasteiger partial charge in [0.2, 0.25) is 5.95 Å². The quantitative estimate of drug-likeness (QED) is 0.801. The Hall–Kier alpha value is -2.38. The van der Waals surface area contributed by atoms with E-state index in [9.17, 15) is 14.0 Å². The molecule has 3 fully saturated rings. The number of nitrogens with one attached hydrogen (secondary N) is 1. The average Bonchev–Trinajstić information content (AvgIpc) is 3.07. The topological polar surface area (TPSA) is 81.0 Å². The van der Waals surface area contributed by atoms with Crippen molar-refractivity contribution in [2.24, 2.45) is 11.8 Å². The maximum atomic E-state index is 13.6. The summed E-state index contributed by atoms with van der Waals surface area (Å²) in [5.41, 5.74) is 1.51. The highest BCUT2D eigenvalue weighted by Crippen LogP contribution is 2.60. The molecule has 2 aromatic rings. The van der Waals surface area contributed by atoms with Gasteiger partial charge in [0.1, 0.15) is 10.8 Å². The number of piperidine rings is 1. The highest BCUT2D eigenvalue weighted by Gasteiger charge is 2.73. The second-order valence-electron chi connectivity index (χ2n) is 8.37. The van der Waals surface area contributed by atoms with Crippen LogP contribution < -0.4 is 10.2 Å². The molecule has 2 aliphatic heterocycles. The molecule has 5 rings (SSSR count). The third-order valence-electron chi connectivity index (χ3n) is 6.36. The second kappa shape index (κ2) is 6.31. The van der Waals surface area contributed by atoms with Gasteiger partial charge in [-0.2, -0.15) is 14.6 Å². The van der Waals surface area contributed by atoms with Gasteiger partial charge < -0.3 is 10.2 Å². The molecule has 1 N–H and O–H groups in total. The zero-order chi connectivity index (χ0) is 20.4. The van der Waals surface area contributed by atoms with E-state index in [0.29, 0.717) is 38.5 Å². The van der Waals surface area contributed by atoms with Gasteiger partial charge in [0, 0.05) is 49.8 Å². The van der Waals surface area contributed by atoms with Crippen LogP contribution in [0.25, 0.3) is 0 Å². The zero-order valence-electron chi connectivity index (χ0n) is 16.2. The van der Waals surface area contributed by atoms with E-state index in [2.05, 4.69) is 35.5 Å². The van der Waals surface area contributed by atoms with Crippen molar-refractivity contribution in [3.63, 3.8) is 0 Å². The molecule has 29 heavy (non-hydrogen) atoms. The van der Waals surface area contributed by atoms with E-state index in [1.54, 1.807) is 6.20 Å². The third-order valence-corrected chi connectivity index (χ3v) is 7.15. The summed E-state index contributed by atoms with van der Waals surface area (Å²) in [7, 11) is 0. The van der Waals surface area contributed by atoms with Crippen molar-refractivity contribution in [3.8, 4) is 6.07 Å². The van der Waals surface area contributed by atoms with Crippen LogP contribution in [0.3, 0.4) is 0 Å². The maximum Gasteiger partial charge on any atom is 0.257 e. The summed E-state index contributed by atoms with van der Waals surface area (Å²) >= 11 is 1.35. The zero-order valence-corrected chi connectivity index (χ0v) is 17.0. The first kappa shape index (κ1) is 18.6. The molecular formula is C19H21F2N7S. The van der Waals surface area contributed by atoms with Crippen molar-refractivity contribution >= 4 is 28.3 Å². The van der Waals surface area contributed by atoms with Crippen LogP contribution in [0.4, 0.5) is 25.5 Å². The molecule has 152 valence electrons. The highest BCUT2D eigenvalue weighted by atomic mass is 32.1. The largest absolute Gasteiger partial charge is 0.352 e. The van der Waals surface area contributed by atoms with Gasteiger partial charge >= 0.3 is 0 Å². The van der Waals surface area contributed by atoms with Gasteiger partial charge in [-0.25, -0.2) is 13.8 Å². The average molecular weight is 417 g/mol. The summed E-state index contributed by atoms with van der Waals surface area (Å²) in [5.74, 6) is -2.27. The molecule has 0 bridgehead atoms. The van der Waals surface area contributed by atoms with E-state index >= 15 is 0 Å². The van der Waals surface area contributed by atoms with Crippen LogP contribution in [-0.4, -0.2) is 56.9 Å². The Morgan fingerprint density at radius 2 is 2.03 bits per heavy atom. The number of rotatable bonds is 5. The van der Waals surface area contributed by atoms with Crippen LogP contribution in [0, 0.1) is 37.0 Å². The Balaban J connectivity index is 1.31. The SMILES string of the molecule is Cc1cc(Nc2ncc(C)c(N3CC(CC#N)(N4CC5C(C4)C5(F)F)C3)n2)sn1. The molecule has 10 heteroatoms. The van der Waals surface area contributed by atoms with Crippen molar-refractivity contribution in [1.29, 1.82) is 5.26 Å². The number of halogens is 2. The predicted octanol–water partition coefficient (Wildman–Crippen LogP) is 2.96. The maximum absolute atomic E-state index is 13.6. The third kappa shape index (κ3) is 2.95. The van der Waals surface area contributed by atoms with E-state index in [1.807, 2.05) is 19.9 Å². The molecule has 7 nitrogen and oxygen atoms in total. The Morgan fingerprint density at radius 1 is 1.31 bits per heavy atom. The number of anilines is 3. The molecule has 0 aromatic carbocycles. The predicted molar refractivity (Wildman–Crippen MR) is 106 cm³/mol. The number of nitriles is 1. The first-order valence-electron chi connectivity index (χ1n) is 9.61. The molecule has 1 saturated carbocycles. The van der Waals surface area contributed by atoms with Crippen molar-refractivity contribution in [1.82, 2.24) is 19.2 Å². The normalized spacial score (nSPS) is 26.5. The van der Waals surface area contributed by atoms with Gasteiger partial charge in [-0.3, -0.25) is 4.90 Å². The Labute approximate surface area is 171 Å². The summed E-state index contributed by atoms with van der Waals surface area (Å²) in [6.07, 6.45) is 2.11. The lowest BCUT2D eigenvalue weighted by atomic mass is 9.84. The number of likely N-dealkylation sites (tertiary alicyclic amines) is 1. The molecule has 0 radical (unpaired) electrons. The minimum atomic E-state index is -2.51. The lowest BCUT2D eigenvalue weighted by Crippen LogP contribution is -2.70. The fraction of sp³-hybridized carbons (Fsp3) is 0.579. The Kier molecular flexibility index (Phi) is 4.05. The second-order valence-corrected chi connectivity index (χ2v) is 9.17. The van der Waals surface area contributed by atoms with Crippen LogP contribution >= 0.6 is 11.5 Å². The number of aryl methyl sites for hydroxylation is 2. The molecule has 1 aliphatic carbocycles. The summed E-state index contributed by atoms with van der Waals surface area (Å²) in [5, 5.41) is 13.4. The van der Waals surface area contributed by atoms with Crippen LogP contribution in [0.15, 0.2) is 12.3 Å². The highest BCUT2D eigenvalue weighted by molar-refractivity contribution is 7.10. The van der Waals surface area contributed by atoms with Crippen molar-refractivity contribution in [2.45, 2.75) is 31.7 Å². The molecule has 0 amide bonds. The lowest BCUT2D eigenvalue weighted by Gasteiger charge is -2.55. The summed E-state index contributed by atoms with van der Waals surface area (Å²) in [6.45, 7) is 5.87. The summed E-state index contributed by atoms with van der Waals surface area (Å²) in [6, 6.07) is 4.20. The molecule has 3 aliphatic rings. The molecule has 2 unspecified atom stereocenters. The van der Waals surface area contributed by atoms with Crippen LogP contribution in [0.2, 0.25) is 0 Å². The number of alkyl halides is 2. The minimum Gasteiger partial charge on any atom is -0.352 e. The van der Waals surface area contributed by atoms with Crippen LogP contribution in [0.1, 0.15) is 17.7 Å². The van der Waals surface area contributed by atoms with Crippen molar-refractivity contribution in [3.05, 3.63) is 23.5 Å². The van der Waals surface area contributed by atoms with Crippen molar-refractivity contribution < 1.29 is 8.78 Å². The van der Waals surface area contributed by atoms with E-state index in [-0.39, 0.29) is 5.54 Å². The molecular weight excluding hydrogens is 396 g/mol. The molecule has 2 atom stereocenters. The smallest absolute Gasteiger partial charge is 0.257 e.